The van der Waals surface area contributed by atoms with Gasteiger partial charge in [0.15, 0.2) is 11.5 Å². The summed E-state index contributed by atoms with van der Waals surface area (Å²) in [6, 6.07) is 7.40. The maximum atomic E-state index is 12.4. The quantitative estimate of drug-likeness (QED) is 0.525. The minimum Gasteiger partial charge on any atom is -0.287 e. The zero-order valence-electron chi connectivity index (χ0n) is 11.0. The molecule has 98 valence electrons. The van der Waals surface area contributed by atoms with Crippen LogP contribution in [0.3, 0.4) is 0 Å². The van der Waals surface area contributed by atoms with E-state index in [1.165, 1.54) is 0 Å². The third-order valence-electron chi connectivity index (χ3n) is 3.44. The van der Waals surface area contributed by atoms with Crippen LogP contribution >= 0.6 is 0 Å². The first-order chi connectivity index (χ1) is 9.66. The highest BCUT2D eigenvalue weighted by atomic mass is 16.1. The van der Waals surface area contributed by atoms with Crippen LogP contribution in [0.4, 0.5) is 0 Å². The number of ketones is 1. The maximum absolute atomic E-state index is 12.4. The van der Waals surface area contributed by atoms with E-state index in [9.17, 15) is 4.79 Å². The van der Waals surface area contributed by atoms with Gasteiger partial charge in [-0.3, -0.25) is 4.79 Å². The summed E-state index contributed by atoms with van der Waals surface area (Å²) in [7, 11) is 0. The Labute approximate surface area is 114 Å². The minimum atomic E-state index is -0.0894. The van der Waals surface area contributed by atoms with E-state index < -0.39 is 0 Å². The second kappa shape index (κ2) is 3.69. The lowest BCUT2D eigenvalue weighted by Gasteiger charge is -2.02. The highest BCUT2D eigenvalue weighted by molar-refractivity contribution is 6.19. The molecule has 1 aliphatic rings. The fraction of sp³-hybridized carbons (Fsp3) is 0.214. The predicted octanol–water partition coefficient (Wildman–Crippen LogP) is 1.85. The molecule has 0 amide bonds. The molecule has 0 saturated carbocycles. The number of carbonyl (C=O) groups excluding carboxylic acids is 1. The molecule has 1 aromatic carbocycles. The fourth-order valence-electron chi connectivity index (χ4n) is 2.47. The lowest BCUT2D eigenvalue weighted by atomic mass is 10.1. The molecule has 0 spiro atoms. The van der Waals surface area contributed by atoms with Crippen LogP contribution in [0.2, 0.25) is 0 Å². The van der Waals surface area contributed by atoms with Crippen LogP contribution in [0.25, 0.3) is 17.0 Å². The molecule has 0 N–H and O–H groups in total. The molecule has 20 heavy (non-hydrogen) atoms. The normalized spacial score (nSPS) is 13.1. The Morgan fingerprint density at radius 3 is 2.55 bits per heavy atom. The molecule has 0 radical (unpaired) electrons. The van der Waals surface area contributed by atoms with Gasteiger partial charge in [-0.15, -0.1) is 10.2 Å². The minimum absolute atomic E-state index is 0.0894. The average molecular weight is 265 g/mol. The largest absolute Gasteiger partial charge is 0.287 e. The van der Waals surface area contributed by atoms with Crippen LogP contribution in [0.15, 0.2) is 24.3 Å². The molecule has 4 rings (SSSR count). The lowest BCUT2D eigenvalue weighted by Crippen LogP contribution is -2.08. The number of rotatable bonds is 1. The van der Waals surface area contributed by atoms with Crippen molar-refractivity contribution < 1.29 is 4.79 Å². The Kier molecular flexibility index (Phi) is 2.07. The number of aromatic nitrogens is 5. The molecule has 0 unspecified atom stereocenters. The SMILES string of the molecule is CC(C)c1nnc2nc3c(nn12)C(=O)c1ccccc1-3. The summed E-state index contributed by atoms with van der Waals surface area (Å²) >= 11 is 0. The molecule has 3 aromatic rings. The van der Waals surface area contributed by atoms with Gasteiger partial charge in [-0.2, -0.15) is 9.61 Å². The zero-order chi connectivity index (χ0) is 13.9. The number of carbonyl (C=O) groups is 1. The van der Waals surface area contributed by atoms with E-state index in [0.717, 1.165) is 5.56 Å². The Bertz CT molecular complexity index is 865. The van der Waals surface area contributed by atoms with Crippen molar-refractivity contribution in [3.63, 3.8) is 0 Å². The Balaban J connectivity index is 2.06. The van der Waals surface area contributed by atoms with Crippen LogP contribution in [-0.4, -0.2) is 30.6 Å². The third kappa shape index (κ3) is 1.30. The van der Waals surface area contributed by atoms with Gasteiger partial charge in [0.25, 0.3) is 5.78 Å². The highest BCUT2D eigenvalue weighted by Gasteiger charge is 2.31. The summed E-state index contributed by atoms with van der Waals surface area (Å²) in [5, 5.41) is 12.5. The van der Waals surface area contributed by atoms with Crippen LogP contribution in [0.5, 0.6) is 0 Å². The fourth-order valence-corrected chi connectivity index (χ4v) is 2.47. The maximum Gasteiger partial charge on any atom is 0.272 e. The standard InChI is InChI=1S/C14H11N5O/c1-7(2)13-16-17-14-15-10-8-5-3-4-6-9(8)12(20)11(10)18-19(13)14/h3-7H,1-2H3. The highest BCUT2D eigenvalue weighted by Crippen LogP contribution is 2.33. The zero-order valence-corrected chi connectivity index (χ0v) is 11.0. The summed E-state index contributed by atoms with van der Waals surface area (Å²) in [4.78, 5) is 16.8. The topological polar surface area (TPSA) is 73.0 Å². The van der Waals surface area contributed by atoms with E-state index in [4.69, 9.17) is 0 Å². The van der Waals surface area contributed by atoms with Crippen molar-refractivity contribution >= 4 is 11.6 Å². The van der Waals surface area contributed by atoms with Crippen LogP contribution in [-0.2, 0) is 0 Å². The first kappa shape index (κ1) is 11.2. The molecule has 0 aliphatic heterocycles. The van der Waals surface area contributed by atoms with Crippen molar-refractivity contribution in [2.75, 3.05) is 0 Å². The van der Waals surface area contributed by atoms with Crippen LogP contribution in [0, 0.1) is 0 Å². The monoisotopic (exact) mass is 265 g/mol. The Morgan fingerprint density at radius 2 is 1.80 bits per heavy atom. The molecule has 2 aromatic heterocycles. The molecular weight excluding hydrogens is 254 g/mol. The van der Waals surface area contributed by atoms with Gasteiger partial charge in [-0.05, 0) is 0 Å². The first-order valence-electron chi connectivity index (χ1n) is 6.44. The molecule has 6 nitrogen and oxygen atoms in total. The van der Waals surface area contributed by atoms with E-state index >= 15 is 0 Å². The molecule has 0 atom stereocenters. The summed E-state index contributed by atoms with van der Waals surface area (Å²) in [5.74, 6) is 1.21. The summed E-state index contributed by atoms with van der Waals surface area (Å²) in [6.45, 7) is 4.00. The number of nitrogens with zero attached hydrogens (tertiary/aromatic N) is 5. The number of benzene rings is 1. The lowest BCUT2D eigenvalue weighted by molar-refractivity contribution is 0.103. The molecular formula is C14H11N5O. The van der Waals surface area contributed by atoms with Crippen molar-refractivity contribution in [1.29, 1.82) is 0 Å². The first-order valence-corrected chi connectivity index (χ1v) is 6.44. The number of hydrogen-bond donors (Lipinski definition) is 0. The van der Waals surface area contributed by atoms with E-state index in [-0.39, 0.29) is 11.7 Å². The average Bonchev–Trinajstić information content (AvgIpc) is 2.98. The van der Waals surface area contributed by atoms with Gasteiger partial charge in [-0.1, -0.05) is 38.1 Å². The van der Waals surface area contributed by atoms with Crippen molar-refractivity contribution in [2.24, 2.45) is 0 Å². The number of hydrogen-bond acceptors (Lipinski definition) is 5. The van der Waals surface area contributed by atoms with Gasteiger partial charge in [0, 0.05) is 17.0 Å². The van der Waals surface area contributed by atoms with E-state index in [2.05, 4.69) is 20.3 Å². The van der Waals surface area contributed by atoms with Crippen LogP contribution in [0.1, 0.15) is 41.6 Å². The van der Waals surface area contributed by atoms with Gasteiger partial charge >= 0.3 is 0 Å². The second-order valence-electron chi connectivity index (χ2n) is 5.11. The van der Waals surface area contributed by atoms with E-state index in [1.54, 1.807) is 10.6 Å². The van der Waals surface area contributed by atoms with Crippen molar-refractivity contribution in [2.45, 2.75) is 19.8 Å². The number of fused-ring (bicyclic) bond motifs is 4. The van der Waals surface area contributed by atoms with Crippen molar-refractivity contribution in [3.05, 3.63) is 41.3 Å². The molecule has 0 fully saturated rings. The van der Waals surface area contributed by atoms with Gasteiger partial charge < -0.3 is 0 Å². The molecule has 1 aliphatic carbocycles. The van der Waals surface area contributed by atoms with Crippen molar-refractivity contribution in [1.82, 2.24) is 24.8 Å². The third-order valence-corrected chi connectivity index (χ3v) is 3.44. The summed E-state index contributed by atoms with van der Waals surface area (Å²) < 4.78 is 1.56. The van der Waals surface area contributed by atoms with Crippen LogP contribution < -0.4 is 0 Å². The van der Waals surface area contributed by atoms with E-state index in [1.807, 2.05) is 32.0 Å². The Morgan fingerprint density at radius 1 is 1.05 bits per heavy atom. The van der Waals surface area contributed by atoms with Gasteiger partial charge in [0.05, 0.1) is 0 Å². The molecule has 0 bridgehead atoms. The summed E-state index contributed by atoms with van der Waals surface area (Å²) in [6.07, 6.45) is 0. The molecule has 0 saturated heterocycles. The second-order valence-corrected chi connectivity index (χ2v) is 5.11. The molecule has 2 heterocycles. The Hall–Kier alpha value is -2.63. The summed E-state index contributed by atoms with van der Waals surface area (Å²) in [5.41, 5.74) is 2.44. The van der Waals surface area contributed by atoms with Gasteiger partial charge in [0.2, 0.25) is 5.78 Å². The predicted molar refractivity (Wildman–Crippen MR) is 71.5 cm³/mol. The van der Waals surface area contributed by atoms with Gasteiger partial charge in [-0.25, -0.2) is 4.98 Å². The molecule has 6 heteroatoms. The van der Waals surface area contributed by atoms with Crippen molar-refractivity contribution in [3.8, 4) is 11.3 Å². The van der Waals surface area contributed by atoms with Gasteiger partial charge in [0.1, 0.15) is 5.69 Å². The van der Waals surface area contributed by atoms with E-state index in [0.29, 0.717) is 28.6 Å². The smallest absolute Gasteiger partial charge is 0.272 e.